The Labute approximate surface area is 144 Å². The molecule has 0 bridgehead atoms. The summed E-state index contributed by atoms with van der Waals surface area (Å²) in [5.41, 5.74) is 1.17. The molecule has 0 atom stereocenters. The Morgan fingerprint density at radius 2 is 2.04 bits per heavy atom. The van der Waals surface area contributed by atoms with E-state index in [0.717, 1.165) is 18.7 Å². The van der Waals surface area contributed by atoms with Crippen molar-refractivity contribution in [3.8, 4) is 0 Å². The van der Waals surface area contributed by atoms with Gasteiger partial charge in [0.1, 0.15) is 5.82 Å². The van der Waals surface area contributed by atoms with Crippen LogP contribution < -0.4 is 10.6 Å². The number of hydrogen-bond donors (Lipinski definition) is 4. The highest BCUT2D eigenvalue weighted by molar-refractivity contribution is 5.65. The van der Waals surface area contributed by atoms with E-state index in [-0.39, 0.29) is 6.04 Å². The monoisotopic (exact) mass is 343 g/mol. The summed E-state index contributed by atoms with van der Waals surface area (Å²) >= 11 is 0. The molecule has 0 spiro atoms. The molecule has 1 amide bonds. The lowest BCUT2D eigenvalue weighted by Gasteiger charge is -2.30. The third kappa shape index (κ3) is 3.81. The highest BCUT2D eigenvalue weighted by Crippen LogP contribution is 2.39. The molecule has 2 aromatic heterocycles. The highest BCUT2D eigenvalue weighted by atomic mass is 16.4. The third-order valence-electron chi connectivity index (χ3n) is 4.63. The van der Waals surface area contributed by atoms with E-state index in [4.69, 9.17) is 5.11 Å². The van der Waals surface area contributed by atoms with E-state index in [1.165, 1.54) is 23.4 Å². The zero-order valence-corrected chi connectivity index (χ0v) is 13.8. The number of nitrogens with zero attached hydrogens (tertiary/aromatic N) is 4. The molecule has 2 fully saturated rings. The minimum atomic E-state index is -0.856. The molecule has 4 rings (SSSR count). The lowest BCUT2D eigenvalue weighted by atomic mass is 10.1. The molecule has 2 aliphatic rings. The first-order valence-electron chi connectivity index (χ1n) is 8.57. The first-order chi connectivity index (χ1) is 12.2. The molecule has 0 aromatic carbocycles. The second-order valence-corrected chi connectivity index (χ2v) is 6.56. The van der Waals surface area contributed by atoms with Crippen LogP contribution in [0.2, 0.25) is 0 Å². The van der Waals surface area contributed by atoms with Crippen LogP contribution >= 0.6 is 0 Å². The van der Waals surface area contributed by atoms with E-state index >= 15 is 0 Å². The van der Waals surface area contributed by atoms with Crippen LogP contribution in [0.1, 0.15) is 37.3 Å². The van der Waals surface area contributed by atoms with Gasteiger partial charge < -0.3 is 20.6 Å². The molecule has 0 radical (unpaired) electrons. The summed E-state index contributed by atoms with van der Waals surface area (Å²) in [6.45, 7) is 1.06. The zero-order chi connectivity index (χ0) is 17.2. The first kappa shape index (κ1) is 15.7. The van der Waals surface area contributed by atoms with Crippen LogP contribution in [0.25, 0.3) is 0 Å². The quantitative estimate of drug-likeness (QED) is 0.658. The summed E-state index contributed by atoms with van der Waals surface area (Å²) in [6, 6.07) is 4.00. The lowest BCUT2D eigenvalue weighted by Crippen LogP contribution is -2.41. The van der Waals surface area contributed by atoms with E-state index in [0.29, 0.717) is 30.8 Å². The molecule has 132 valence electrons. The molecular formula is C16H21N7O2. The fourth-order valence-corrected chi connectivity index (χ4v) is 3.03. The van der Waals surface area contributed by atoms with Crippen LogP contribution in [0.4, 0.5) is 22.4 Å². The molecule has 9 nitrogen and oxygen atoms in total. The van der Waals surface area contributed by atoms with Gasteiger partial charge >= 0.3 is 6.09 Å². The third-order valence-corrected chi connectivity index (χ3v) is 4.63. The Balaban J connectivity index is 1.35. The van der Waals surface area contributed by atoms with Crippen molar-refractivity contribution in [1.82, 2.24) is 25.1 Å². The molecule has 1 saturated carbocycles. The van der Waals surface area contributed by atoms with Gasteiger partial charge in [0.2, 0.25) is 5.95 Å². The number of hydrogen-bond acceptors (Lipinski definition) is 6. The number of likely N-dealkylation sites (tertiary alicyclic amines) is 1. The number of H-pyrrole nitrogens is 1. The van der Waals surface area contributed by atoms with Gasteiger partial charge in [-0.3, -0.25) is 5.10 Å². The minimum Gasteiger partial charge on any atom is -0.465 e. The second kappa shape index (κ2) is 6.58. The van der Waals surface area contributed by atoms with Crippen molar-refractivity contribution in [2.45, 2.75) is 37.6 Å². The van der Waals surface area contributed by atoms with Gasteiger partial charge in [-0.2, -0.15) is 10.1 Å². The van der Waals surface area contributed by atoms with E-state index in [9.17, 15) is 4.79 Å². The van der Waals surface area contributed by atoms with E-state index in [1.807, 2.05) is 6.07 Å². The Morgan fingerprint density at radius 3 is 2.76 bits per heavy atom. The Kier molecular flexibility index (Phi) is 4.12. The van der Waals surface area contributed by atoms with Gasteiger partial charge in [0, 0.05) is 43.0 Å². The van der Waals surface area contributed by atoms with E-state index < -0.39 is 6.09 Å². The first-order valence-corrected chi connectivity index (χ1v) is 8.57. The zero-order valence-electron chi connectivity index (χ0n) is 13.8. The smallest absolute Gasteiger partial charge is 0.407 e. The maximum absolute atomic E-state index is 10.9. The van der Waals surface area contributed by atoms with Crippen molar-refractivity contribution in [2.75, 3.05) is 23.7 Å². The molecule has 1 aliphatic carbocycles. The molecule has 0 unspecified atom stereocenters. The molecule has 3 heterocycles. The van der Waals surface area contributed by atoms with Gasteiger partial charge in [-0.1, -0.05) is 0 Å². The molecule has 9 heteroatoms. The van der Waals surface area contributed by atoms with Gasteiger partial charge in [0.05, 0.1) is 0 Å². The van der Waals surface area contributed by atoms with Crippen LogP contribution in [-0.4, -0.2) is 55.4 Å². The van der Waals surface area contributed by atoms with Crippen molar-refractivity contribution < 1.29 is 9.90 Å². The minimum absolute atomic E-state index is 0.178. The largest absolute Gasteiger partial charge is 0.465 e. The number of piperidine rings is 1. The predicted octanol–water partition coefficient (Wildman–Crippen LogP) is 2.38. The topological polar surface area (TPSA) is 119 Å². The van der Waals surface area contributed by atoms with Crippen molar-refractivity contribution in [2.24, 2.45) is 0 Å². The standard InChI is InChI=1S/C16H21N7O2/c24-16(25)23-7-4-11(5-8-23)18-15-17-6-3-13(20-15)19-14-9-12(21-22-14)10-1-2-10/h3,6,9-11H,1-2,4-5,7-8H2,(H,24,25)(H3,17,18,19,20,21,22). The summed E-state index contributed by atoms with van der Waals surface area (Å²) in [5, 5.41) is 22.8. The number of rotatable bonds is 5. The Morgan fingerprint density at radius 1 is 1.24 bits per heavy atom. The van der Waals surface area contributed by atoms with Crippen LogP contribution in [0.5, 0.6) is 0 Å². The average Bonchev–Trinajstić information content (AvgIpc) is 3.36. The van der Waals surface area contributed by atoms with Crippen molar-refractivity contribution in [3.63, 3.8) is 0 Å². The fourth-order valence-electron chi connectivity index (χ4n) is 3.03. The Bertz CT molecular complexity index is 750. The molecule has 25 heavy (non-hydrogen) atoms. The van der Waals surface area contributed by atoms with E-state index in [1.54, 1.807) is 12.3 Å². The van der Waals surface area contributed by atoms with Crippen molar-refractivity contribution in [1.29, 1.82) is 0 Å². The van der Waals surface area contributed by atoms with Gasteiger partial charge in [-0.25, -0.2) is 9.78 Å². The number of carbonyl (C=O) groups is 1. The van der Waals surface area contributed by atoms with Gasteiger partial charge in [-0.05, 0) is 31.7 Å². The number of aromatic nitrogens is 4. The number of aromatic amines is 1. The van der Waals surface area contributed by atoms with Gasteiger partial charge in [-0.15, -0.1) is 0 Å². The lowest BCUT2D eigenvalue weighted by molar-refractivity contribution is 0.133. The molecule has 2 aromatic rings. The fraction of sp³-hybridized carbons (Fsp3) is 0.500. The number of nitrogens with one attached hydrogen (secondary N) is 3. The van der Waals surface area contributed by atoms with Gasteiger partial charge in [0.25, 0.3) is 0 Å². The van der Waals surface area contributed by atoms with E-state index in [2.05, 4.69) is 30.8 Å². The highest BCUT2D eigenvalue weighted by Gasteiger charge is 2.25. The second-order valence-electron chi connectivity index (χ2n) is 6.56. The van der Waals surface area contributed by atoms with Gasteiger partial charge in [0.15, 0.2) is 5.82 Å². The summed E-state index contributed by atoms with van der Waals surface area (Å²) in [4.78, 5) is 21.1. The molecule has 1 aliphatic heterocycles. The van der Waals surface area contributed by atoms with Crippen LogP contribution in [0, 0.1) is 0 Å². The summed E-state index contributed by atoms with van der Waals surface area (Å²) in [6.07, 6.45) is 4.78. The SMILES string of the molecule is O=C(O)N1CCC(Nc2nccc(Nc3cc(C4CC4)[nH]n3)n2)CC1. The summed E-state index contributed by atoms with van der Waals surface area (Å²) in [5.74, 6) is 2.59. The van der Waals surface area contributed by atoms with Crippen molar-refractivity contribution in [3.05, 3.63) is 24.0 Å². The number of amides is 1. The summed E-state index contributed by atoms with van der Waals surface area (Å²) < 4.78 is 0. The number of carboxylic acid groups (broad SMARTS) is 1. The van der Waals surface area contributed by atoms with Crippen LogP contribution in [0.15, 0.2) is 18.3 Å². The average molecular weight is 343 g/mol. The normalized spacial score (nSPS) is 18.2. The predicted molar refractivity (Wildman–Crippen MR) is 92.1 cm³/mol. The molecule has 1 saturated heterocycles. The molecule has 4 N–H and O–H groups in total. The van der Waals surface area contributed by atoms with Crippen LogP contribution in [-0.2, 0) is 0 Å². The summed E-state index contributed by atoms with van der Waals surface area (Å²) in [7, 11) is 0. The Hall–Kier alpha value is -2.84. The van der Waals surface area contributed by atoms with Crippen molar-refractivity contribution >= 4 is 23.7 Å². The maximum Gasteiger partial charge on any atom is 0.407 e. The number of anilines is 3. The maximum atomic E-state index is 10.9. The van der Waals surface area contributed by atoms with Crippen LogP contribution in [0.3, 0.4) is 0 Å². The molecular weight excluding hydrogens is 322 g/mol.